The molecule has 6 N–H and O–H groups in total. The maximum absolute atomic E-state index is 13.8. The molecule has 2 aliphatic heterocycles. The van der Waals surface area contributed by atoms with Gasteiger partial charge >= 0.3 is 12.2 Å². The number of hydrogen-bond acceptors (Lipinski definition) is 10. The molecule has 306 valence electrons. The summed E-state index contributed by atoms with van der Waals surface area (Å²) in [6, 6.07) is 29.9. The monoisotopic (exact) mass is 808 g/mol. The number of imidazole rings is 2. The van der Waals surface area contributed by atoms with Crippen molar-refractivity contribution in [3.8, 4) is 33.6 Å². The molecule has 4 aromatic carbocycles. The van der Waals surface area contributed by atoms with Gasteiger partial charge in [0.2, 0.25) is 24.1 Å². The number of ether oxygens (including phenoxy) is 2. The summed E-state index contributed by atoms with van der Waals surface area (Å²) in [5.41, 5.74) is 19.5. The Hall–Kier alpha value is -7.62. The molecule has 4 heterocycles. The number of anilines is 2. The Morgan fingerprint density at radius 2 is 1.00 bits per heavy atom. The maximum atomic E-state index is 13.8. The van der Waals surface area contributed by atoms with Gasteiger partial charge in [0.05, 0.1) is 23.8 Å². The molecule has 6 aromatic rings. The van der Waals surface area contributed by atoms with E-state index in [-0.39, 0.29) is 0 Å². The first-order valence-electron chi connectivity index (χ1n) is 19.6. The number of nitrogens with zero attached hydrogens (tertiary/aromatic N) is 6. The van der Waals surface area contributed by atoms with Crippen molar-refractivity contribution in [2.24, 2.45) is 11.5 Å². The zero-order valence-electron chi connectivity index (χ0n) is 33.1. The summed E-state index contributed by atoms with van der Waals surface area (Å²) in [6.45, 7) is 6.10. The highest BCUT2D eigenvalue weighted by molar-refractivity contribution is 5.87. The lowest BCUT2D eigenvalue weighted by molar-refractivity contribution is -0.140. The highest BCUT2D eigenvalue weighted by Crippen LogP contribution is 2.35. The van der Waals surface area contributed by atoms with Crippen molar-refractivity contribution in [1.82, 2.24) is 30.0 Å². The van der Waals surface area contributed by atoms with Crippen LogP contribution < -0.4 is 21.5 Å². The fourth-order valence-electron chi connectivity index (χ4n) is 7.82. The average molecular weight is 809 g/mol. The number of amides is 4. The predicted octanol–water partition coefficient (Wildman–Crippen LogP) is 6.33. The smallest absolute Gasteiger partial charge is 0.405 e. The fourth-order valence-corrected chi connectivity index (χ4v) is 7.82. The summed E-state index contributed by atoms with van der Waals surface area (Å²) in [4.78, 5) is 67.0. The van der Waals surface area contributed by atoms with Crippen LogP contribution in [0, 0.1) is 13.8 Å². The largest absolute Gasteiger partial charge is 0.431 e. The number of carbonyl (C=O) groups is 4. The topological polar surface area (TPSA) is 209 Å². The predicted molar refractivity (Wildman–Crippen MR) is 224 cm³/mol. The molecule has 0 unspecified atom stereocenters. The minimum Gasteiger partial charge on any atom is -0.431 e. The Bertz CT molecular complexity index is 2520. The van der Waals surface area contributed by atoms with Gasteiger partial charge in [-0.05, 0) is 54.5 Å². The average Bonchev–Trinajstić information content (AvgIpc) is 4.10. The van der Waals surface area contributed by atoms with E-state index in [4.69, 9.17) is 20.9 Å². The van der Waals surface area contributed by atoms with Gasteiger partial charge in [-0.25, -0.2) is 29.6 Å². The van der Waals surface area contributed by atoms with Crippen LogP contribution in [0.3, 0.4) is 0 Å². The Balaban J connectivity index is 0.967. The van der Waals surface area contributed by atoms with Gasteiger partial charge in [0.25, 0.3) is 11.8 Å². The molecule has 4 amide bonds. The third-order valence-corrected chi connectivity index (χ3v) is 10.9. The molecule has 8 rings (SSSR count). The quantitative estimate of drug-likeness (QED) is 0.114. The number of aromatic nitrogens is 4. The van der Waals surface area contributed by atoms with E-state index in [1.165, 1.54) is 0 Å². The van der Waals surface area contributed by atoms with Crippen LogP contribution in [0.2, 0.25) is 0 Å². The van der Waals surface area contributed by atoms with Crippen molar-refractivity contribution in [3.05, 3.63) is 132 Å². The van der Waals surface area contributed by atoms with Crippen molar-refractivity contribution in [1.29, 1.82) is 0 Å². The van der Waals surface area contributed by atoms with E-state index < -0.39 is 36.2 Å². The molecule has 60 heavy (non-hydrogen) atoms. The minimum atomic E-state index is -1.19. The van der Waals surface area contributed by atoms with Gasteiger partial charge in [-0.2, -0.15) is 0 Å². The summed E-state index contributed by atoms with van der Waals surface area (Å²) in [5.74, 6) is 0.160. The van der Waals surface area contributed by atoms with Crippen molar-refractivity contribution >= 4 is 35.9 Å². The molecule has 2 aliphatic rings. The fraction of sp³-hybridized carbons (Fsp3) is 0.227. The van der Waals surface area contributed by atoms with Crippen LogP contribution in [0.15, 0.2) is 109 Å². The van der Waals surface area contributed by atoms with Crippen molar-refractivity contribution < 1.29 is 28.7 Å². The Labute approximate surface area is 345 Å². The summed E-state index contributed by atoms with van der Waals surface area (Å²) in [5, 5.41) is 6.63. The van der Waals surface area contributed by atoms with E-state index in [9.17, 15) is 19.2 Å². The molecule has 0 aliphatic carbocycles. The molecule has 2 atom stereocenters. The number of benzene rings is 4. The zero-order valence-corrected chi connectivity index (χ0v) is 33.1. The first kappa shape index (κ1) is 39.2. The minimum absolute atomic E-state index is 0.415. The first-order chi connectivity index (χ1) is 29.1. The van der Waals surface area contributed by atoms with E-state index in [1.807, 2.05) is 24.3 Å². The molecule has 0 radical (unpaired) electrons. The maximum Gasteiger partial charge on any atom is 0.405 e. The Kier molecular flexibility index (Phi) is 10.9. The number of hydrazine groups is 2. The van der Waals surface area contributed by atoms with Crippen LogP contribution >= 0.6 is 0 Å². The molecule has 2 saturated heterocycles. The molecule has 2 fully saturated rings. The van der Waals surface area contributed by atoms with Crippen LogP contribution in [0.1, 0.15) is 47.3 Å². The molecule has 2 aromatic heterocycles. The molecule has 0 spiro atoms. The number of rotatable bonds is 11. The standard InChI is InChI=1S/C44H44N10O6/c1-27-28(2)34(36-26-48-44(50-36)54-24-10-22-52(54)40(56)38(60-42(46)58)32-13-7-4-8-14-32)20-19-33(27)29-15-17-30(18-16-29)35-25-47-43(49-35)53-23-9-21-51(53)39(55)37(59-41(45)57)31-11-5-3-6-12-31/h3-8,11-20,25-26,37-38H,9-10,21-24H2,1-2H3,(H2,45,57)(H2,46,58)(H,47,49)(H,48,50)/t37-,38-/m1/s1. The normalized spacial score (nSPS) is 14.9. The van der Waals surface area contributed by atoms with Crippen molar-refractivity contribution in [2.75, 3.05) is 36.2 Å². The number of hydrogen-bond donors (Lipinski definition) is 4. The number of H-pyrrole nitrogens is 2. The SMILES string of the molecule is Cc1c(-c2ccc(-c3cnc(N4CCCN4C(=O)[C@H](OC(N)=O)c4ccccc4)[nH]3)cc2)ccc(-c2cnc(N3CCCN3C(=O)[C@H](OC(N)=O)c3ccccc3)[nH]2)c1C. The second kappa shape index (κ2) is 16.7. The summed E-state index contributed by atoms with van der Waals surface area (Å²) in [7, 11) is 0. The van der Waals surface area contributed by atoms with Gasteiger partial charge in [-0.15, -0.1) is 0 Å². The van der Waals surface area contributed by atoms with E-state index >= 15 is 0 Å². The van der Waals surface area contributed by atoms with E-state index in [0.717, 1.165) is 44.8 Å². The molecule has 0 bridgehead atoms. The van der Waals surface area contributed by atoms with Crippen LogP contribution in [-0.2, 0) is 19.1 Å². The van der Waals surface area contributed by atoms with Gasteiger partial charge in [0, 0.05) is 42.9 Å². The van der Waals surface area contributed by atoms with E-state index in [0.29, 0.717) is 62.0 Å². The van der Waals surface area contributed by atoms with Crippen LogP contribution in [0.5, 0.6) is 0 Å². The number of aromatic amines is 2. The van der Waals surface area contributed by atoms with Gasteiger partial charge < -0.3 is 30.9 Å². The lowest BCUT2D eigenvalue weighted by Crippen LogP contribution is -2.45. The number of carbonyl (C=O) groups excluding carboxylic acids is 4. The lowest BCUT2D eigenvalue weighted by Gasteiger charge is -2.30. The van der Waals surface area contributed by atoms with Crippen molar-refractivity contribution in [2.45, 2.75) is 38.9 Å². The van der Waals surface area contributed by atoms with Crippen LogP contribution in [0.25, 0.3) is 33.6 Å². The molecular formula is C44H44N10O6. The highest BCUT2D eigenvalue weighted by Gasteiger charge is 2.38. The first-order valence-corrected chi connectivity index (χ1v) is 19.6. The third-order valence-electron chi connectivity index (χ3n) is 10.9. The third kappa shape index (κ3) is 7.81. The van der Waals surface area contributed by atoms with Crippen LogP contribution in [0.4, 0.5) is 21.5 Å². The number of nitrogens with two attached hydrogens (primary N) is 2. The summed E-state index contributed by atoms with van der Waals surface area (Å²) >= 11 is 0. The van der Waals surface area contributed by atoms with E-state index in [1.54, 1.807) is 81.0 Å². The molecule has 16 heteroatoms. The second-order valence-electron chi connectivity index (χ2n) is 14.6. The zero-order chi connectivity index (χ0) is 41.9. The summed E-state index contributed by atoms with van der Waals surface area (Å²) < 4.78 is 10.6. The van der Waals surface area contributed by atoms with E-state index in [2.05, 4.69) is 58.0 Å². The highest BCUT2D eigenvalue weighted by atomic mass is 16.6. The Morgan fingerprint density at radius 1 is 0.567 bits per heavy atom. The van der Waals surface area contributed by atoms with Gasteiger partial charge in [0.1, 0.15) is 0 Å². The Morgan fingerprint density at radius 3 is 1.50 bits per heavy atom. The van der Waals surface area contributed by atoms with Gasteiger partial charge in [-0.1, -0.05) is 97.1 Å². The lowest BCUT2D eigenvalue weighted by atomic mass is 9.92. The molecule has 0 saturated carbocycles. The van der Waals surface area contributed by atoms with Gasteiger partial charge in [0.15, 0.2) is 0 Å². The molecule has 16 nitrogen and oxygen atoms in total. The van der Waals surface area contributed by atoms with Crippen LogP contribution in [-0.4, -0.2) is 80.1 Å². The molecular weight excluding hydrogens is 765 g/mol. The summed E-state index contributed by atoms with van der Waals surface area (Å²) in [6.07, 6.45) is 0.460. The van der Waals surface area contributed by atoms with Gasteiger partial charge in [-0.3, -0.25) is 19.6 Å². The van der Waals surface area contributed by atoms with Crippen molar-refractivity contribution in [3.63, 3.8) is 0 Å². The number of nitrogens with one attached hydrogen (secondary N) is 2. The number of primary amides is 2. The second-order valence-corrected chi connectivity index (χ2v) is 14.6.